The minimum absolute atomic E-state index is 0.739. The van der Waals surface area contributed by atoms with Crippen LogP contribution >= 0.6 is 11.5 Å². The molecule has 5 nitrogen and oxygen atoms in total. The molecule has 0 N–H and O–H groups in total. The molecule has 0 radical (unpaired) electrons. The Kier molecular flexibility index (Phi) is 4.80. The lowest BCUT2D eigenvalue weighted by Crippen LogP contribution is -2.31. The van der Waals surface area contributed by atoms with Crippen molar-refractivity contribution < 1.29 is 0 Å². The zero-order valence-corrected chi connectivity index (χ0v) is 15.2. The Bertz CT molecular complexity index is 915. The van der Waals surface area contributed by atoms with Crippen LogP contribution in [0.15, 0.2) is 54.6 Å². The normalized spacial score (nSPS) is 14.7. The Labute approximate surface area is 157 Å². The fourth-order valence-corrected chi connectivity index (χ4v) is 3.98. The van der Waals surface area contributed by atoms with Crippen molar-refractivity contribution in [2.45, 2.75) is 6.42 Å². The number of hydrogen-bond acceptors (Lipinski definition) is 6. The fourth-order valence-electron chi connectivity index (χ4n) is 3.24. The van der Waals surface area contributed by atoms with Crippen molar-refractivity contribution in [1.29, 1.82) is 5.26 Å². The number of benzene rings is 2. The molecule has 0 bridgehead atoms. The van der Waals surface area contributed by atoms with E-state index in [1.165, 1.54) is 11.5 Å². The van der Waals surface area contributed by atoms with Gasteiger partial charge in [-0.3, -0.25) is 0 Å². The van der Waals surface area contributed by atoms with Gasteiger partial charge in [-0.05, 0) is 18.6 Å². The second kappa shape index (κ2) is 7.54. The summed E-state index contributed by atoms with van der Waals surface area (Å²) >= 11 is 1.46. The van der Waals surface area contributed by atoms with E-state index < -0.39 is 0 Å². The zero-order valence-electron chi connectivity index (χ0n) is 14.4. The maximum absolute atomic E-state index is 9.36. The average molecular weight is 361 g/mol. The van der Waals surface area contributed by atoms with Gasteiger partial charge in [-0.2, -0.15) is 14.6 Å². The molecular weight excluding hydrogens is 342 g/mol. The van der Waals surface area contributed by atoms with Gasteiger partial charge >= 0.3 is 0 Å². The topological polar surface area (TPSA) is 56.1 Å². The minimum Gasteiger partial charge on any atom is -0.369 e. The standard InChI is InChI=1S/C20H19N5S/c21-15-17-9-4-5-10-18(17)24-11-6-12-25(14-13-24)20-22-19(23-26-20)16-7-2-1-3-8-16/h1-5,7-10H,6,11-14H2. The highest BCUT2D eigenvalue weighted by atomic mass is 32.1. The minimum atomic E-state index is 0.739. The first-order valence-electron chi connectivity index (χ1n) is 8.73. The van der Waals surface area contributed by atoms with E-state index in [4.69, 9.17) is 4.98 Å². The summed E-state index contributed by atoms with van der Waals surface area (Å²) in [6, 6.07) is 20.2. The largest absolute Gasteiger partial charge is 0.369 e. The molecule has 1 saturated heterocycles. The first kappa shape index (κ1) is 16.6. The van der Waals surface area contributed by atoms with Crippen molar-refractivity contribution in [3.05, 3.63) is 60.2 Å². The van der Waals surface area contributed by atoms with Crippen LogP contribution in [0.4, 0.5) is 10.8 Å². The molecule has 0 saturated carbocycles. The highest BCUT2D eigenvalue weighted by Crippen LogP contribution is 2.26. The third-order valence-corrected chi connectivity index (χ3v) is 5.36. The summed E-state index contributed by atoms with van der Waals surface area (Å²) in [6.07, 6.45) is 1.03. The summed E-state index contributed by atoms with van der Waals surface area (Å²) in [7, 11) is 0. The number of rotatable bonds is 3. The van der Waals surface area contributed by atoms with E-state index in [0.29, 0.717) is 0 Å². The van der Waals surface area contributed by atoms with E-state index in [1.54, 1.807) is 0 Å². The Morgan fingerprint density at radius 1 is 0.885 bits per heavy atom. The van der Waals surface area contributed by atoms with Crippen molar-refractivity contribution in [3.8, 4) is 17.5 Å². The summed E-state index contributed by atoms with van der Waals surface area (Å²) in [4.78, 5) is 9.35. The molecule has 0 aliphatic carbocycles. The summed E-state index contributed by atoms with van der Waals surface area (Å²) in [6.45, 7) is 3.65. The van der Waals surface area contributed by atoms with Crippen LogP contribution in [0.2, 0.25) is 0 Å². The second-order valence-corrected chi connectivity index (χ2v) is 6.95. The van der Waals surface area contributed by atoms with Crippen LogP contribution in [0.1, 0.15) is 12.0 Å². The molecule has 3 aromatic rings. The van der Waals surface area contributed by atoms with E-state index in [1.807, 2.05) is 54.6 Å². The van der Waals surface area contributed by atoms with Gasteiger partial charge in [-0.25, -0.2) is 0 Å². The van der Waals surface area contributed by atoms with Gasteiger partial charge in [0.1, 0.15) is 6.07 Å². The van der Waals surface area contributed by atoms with Gasteiger partial charge in [0.2, 0.25) is 5.13 Å². The van der Waals surface area contributed by atoms with Crippen molar-refractivity contribution >= 4 is 22.4 Å². The molecule has 0 amide bonds. The van der Waals surface area contributed by atoms with Crippen molar-refractivity contribution in [3.63, 3.8) is 0 Å². The van der Waals surface area contributed by atoms with Crippen LogP contribution in [-0.2, 0) is 0 Å². The number of anilines is 2. The summed E-state index contributed by atoms with van der Waals surface area (Å²) in [5.41, 5.74) is 2.82. The van der Waals surface area contributed by atoms with Crippen LogP contribution < -0.4 is 9.80 Å². The Hall–Kier alpha value is -2.91. The van der Waals surface area contributed by atoms with Crippen LogP contribution in [-0.4, -0.2) is 35.5 Å². The second-order valence-electron chi connectivity index (χ2n) is 6.22. The monoisotopic (exact) mass is 361 g/mol. The molecule has 1 aromatic heterocycles. The first-order valence-corrected chi connectivity index (χ1v) is 9.50. The van der Waals surface area contributed by atoms with Gasteiger partial charge in [0.15, 0.2) is 5.82 Å². The molecule has 0 unspecified atom stereocenters. The number of nitriles is 1. The Morgan fingerprint density at radius 3 is 2.46 bits per heavy atom. The molecular formula is C20H19N5S. The first-order chi connectivity index (χ1) is 12.8. The highest BCUT2D eigenvalue weighted by molar-refractivity contribution is 7.09. The predicted octanol–water partition coefficient (Wildman–Crippen LogP) is 3.79. The highest BCUT2D eigenvalue weighted by Gasteiger charge is 2.20. The van der Waals surface area contributed by atoms with Gasteiger partial charge in [0, 0.05) is 43.3 Å². The maximum atomic E-state index is 9.36. The molecule has 1 fully saturated rings. The molecule has 6 heteroatoms. The quantitative estimate of drug-likeness (QED) is 0.710. The number of hydrogen-bond donors (Lipinski definition) is 0. The molecule has 1 aliphatic rings. The third kappa shape index (κ3) is 3.39. The number of nitrogens with zero attached hydrogens (tertiary/aromatic N) is 5. The Morgan fingerprint density at radius 2 is 1.62 bits per heavy atom. The van der Waals surface area contributed by atoms with E-state index in [9.17, 15) is 5.26 Å². The van der Waals surface area contributed by atoms with Crippen molar-refractivity contribution in [1.82, 2.24) is 9.36 Å². The lowest BCUT2D eigenvalue weighted by atomic mass is 10.1. The van der Waals surface area contributed by atoms with Crippen LogP contribution in [0.25, 0.3) is 11.4 Å². The third-order valence-electron chi connectivity index (χ3n) is 4.58. The number of aromatic nitrogens is 2. The van der Waals surface area contributed by atoms with Gasteiger partial charge < -0.3 is 9.80 Å². The van der Waals surface area contributed by atoms with E-state index >= 15 is 0 Å². The van der Waals surface area contributed by atoms with Crippen LogP contribution in [0.5, 0.6) is 0 Å². The molecule has 4 rings (SSSR count). The zero-order chi connectivity index (χ0) is 17.8. The molecule has 2 heterocycles. The van der Waals surface area contributed by atoms with Crippen molar-refractivity contribution in [2.24, 2.45) is 0 Å². The molecule has 1 aliphatic heterocycles. The van der Waals surface area contributed by atoms with Crippen LogP contribution in [0, 0.1) is 11.3 Å². The summed E-state index contributed by atoms with van der Waals surface area (Å²) in [5, 5.41) is 10.3. The number of para-hydroxylation sites is 1. The fraction of sp³-hybridized carbons (Fsp3) is 0.250. The molecule has 26 heavy (non-hydrogen) atoms. The lowest BCUT2D eigenvalue weighted by Gasteiger charge is -2.24. The molecule has 0 atom stereocenters. The van der Waals surface area contributed by atoms with Gasteiger partial charge in [0.25, 0.3) is 0 Å². The van der Waals surface area contributed by atoms with Crippen molar-refractivity contribution in [2.75, 3.05) is 36.0 Å². The maximum Gasteiger partial charge on any atom is 0.205 e. The van der Waals surface area contributed by atoms with E-state index in [-0.39, 0.29) is 0 Å². The summed E-state index contributed by atoms with van der Waals surface area (Å²) < 4.78 is 4.53. The summed E-state index contributed by atoms with van der Waals surface area (Å²) in [5.74, 6) is 0.793. The molecule has 130 valence electrons. The smallest absolute Gasteiger partial charge is 0.205 e. The van der Waals surface area contributed by atoms with Gasteiger partial charge in [0.05, 0.1) is 11.3 Å². The molecule has 0 spiro atoms. The predicted molar refractivity (Wildman–Crippen MR) is 106 cm³/mol. The van der Waals surface area contributed by atoms with E-state index in [2.05, 4.69) is 20.2 Å². The van der Waals surface area contributed by atoms with Gasteiger partial charge in [-0.15, -0.1) is 0 Å². The SMILES string of the molecule is N#Cc1ccccc1N1CCCN(c2nc(-c3ccccc3)ns2)CC1. The Balaban J connectivity index is 1.49. The van der Waals surface area contributed by atoms with E-state index in [0.717, 1.165) is 60.4 Å². The lowest BCUT2D eigenvalue weighted by molar-refractivity contribution is 0.804. The van der Waals surface area contributed by atoms with Crippen LogP contribution in [0.3, 0.4) is 0 Å². The molecule has 2 aromatic carbocycles. The van der Waals surface area contributed by atoms with Gasteiger partial charge in [-0.1, -0.05) is 42.5 Å². The average Bonchev–Trinajstić information content (AvgIpc) is 3.07.